The van der Waals surface area contributed by atoms with Crippen molar-refractivity contribution in [3.63, 3.8) is 0 Å². The molecule has 0 saturated heterocycles. The molecule has 4 heteroatoms. The van der Waals surface area contributed by atoms with E-state index in [1.54, 1.807) is 6.08 Å². The average Bonchev–Trinajstić information content (AvgIpc) is 2.73. The number of carbonyl (C=O) groups excluding carboxylic acids is 1. The minimum atomic E-state index is -0.433. The van der Waals surface area contributed by atoms with Gasteiger partial charge in [0.2, 0.25) is 0 Å². The monoisotopic (exact) mass is 410 g/mol. The lowest BCUT2D eigenvalue weighted by atomic mass is 10.0. The quantitative estimate of drug-likeness (QED) is 0.398. The van der Waals surface area contributed by atoms with Gasteiger partial charge in [-0.1, -0.05) is 47.5 Å². The summed E-state index contributed by atoms with van der Waals surface area (Å²) < 4.78 is 5.95. The van der Waals surface area contributed by atoms with Crippen molar-refractivity contribution in [3.8, 4) is 11.8 Å². The molecule has 156 valence electrons. The van der Waals surface area contributed by atoms with E-state index in [-0.39, 0.29) is 5.57 Å². The second-order valence-corrected chi connectivity index (χ2v) is 7.72. The zero-order valence-corrected chi connectivity index (χ0v) is 18.3. The van der Waals surface area contributed by atoms with Crippen LogP contribution in [-0.4, -0.2) is 5.91 Å². The number of benzene rings is 3. The molecule has 0 aliphatic carbocycles. The molecule has 3 rings (SSSR count). The number of amides is 1. The Morgan fingerprint density at radius 3 is 2.13 bits per heavy atom. The molecule has 1 N–H and O–H groups in total. The highest BCUT2D eigenvalue weighted by Gasteiger charge is 2.10. The Balaban J connectivity index is 1.67. The minimum Gasteiger partial charge on any atom is -0.489 e. The molecule has 0 atom stereocenters. The van der Waals surface area contributed by atoms with Crippen LogP contribution in [0.3, 0.4) is 0 Å². The molecule has 3 aromatic rings. The number of hydrogen-bond donors (Lipinski definition) is 1. The van der Waals surface area contributed by atoms with Gasteiger partial charge in [0.1, 0.15) is 24.0 Å². The van der Waals surface area contributed by atoms with Gasteiger partial charge in [0, 0.05) is 5.69 Å². The summed E-state index contributed by atoms with van der Waals surface area (Å²) in [5.74, 6) is 0.302. The lowest BCUT2D eigenvalue weighted by Gasteiger charge is -2.13. The highest BCUT2D eigenvalue weighted by molar-refractivity contribution is 6.09. The van der Waals surface area contributed by atoms with Crippen LogP contribution in [0.5, 0.6) is 5.75 Å². The number of nitrogens with zero attached hydrogens (tertiary/aromatic N) is 1. The molecule has 0 radical (unpaired) electrons. The first-order valence-corrected chi connectivity index (χ1v) is 10.1. The molecule has 0 aliphatic rings. The van der Waals surface area contributed by atoms with Crippen molar-refractivity contribution in [2.45, 2.75) is 34.3 Å². The van der Waals surface area contributed by atoms with E-state index in [0.717, 1.165) is 16.9 Å². The molecule has 3 aromatic carbocycles. The van der Waals surface area contributed by atoms with Crippen molar-refractivity contribution in [2.75, 3.05) is 5.32 Å². The molecular formula is C27H26N2O2. The maximum absolute atomic E-state index is 12.4. The van der Waals surface area contributed by atoms with Crippen molar-refractivity contribution in [1.82, 2.24) is 0 Å². The maximum Gasteiger partial charge on any atom is 0.266 e. The molecule has 0 spiro atoms. The van der Waals surface area contributed by atoms with E-state index in [9.17, 15) is 10.1 Å². The molecule has 0 heterocycles. The van der Waals surface area contributed by atoms with Crippen LogP contribution in [0.15, 0.2) is 66.2 Å². The smallest absolute Gasteiger partial charge is 0.266 e. The number of hydrogen-bond acceptors (Lipinski definition) is 3. The summed E-state index contributed by atoms with van der Waals surface area (Å²) in [6.07, 6.45) is 1.57. The summed E-state index contributed by atoms with van der Waals surface area (Å²) in [6.45, 7) is 8.75. The molecule has 4 nitrogen and oxygen atoms in total. The average molecular weight is 411 g/mol. The third-order valence-electron chi connectivity index (χ3n) is 5.09. The second-order valence-electron chi connectivity index (χ2n) is 7.72. The van der Waals surface area contributed by atoms with Crippen LogP contribution in [0.4, 0.5) is 5.69 Å². The van der Waals surface area contributed by atoms with E-state index in [4.69, 9.17) is 4.74 Å². The topological polar surface area (TPSA) is 62.1 Å². The zero-order valence-electron chi connectivity index (χ0n) is 18.3. The molecule has 0 saturated carbocycles. The molecule has 0 bridgehead atoms. The molecule has 0 aliphatic heterocycles. The standard InChI is InChI=1S/C27H26N2O2/c1-18-5-9-24(10-6-18)29-27(30)23(16-28)15-22-7-11-25(12-8-22)31-17-26-20(3)13-19(2)14-21(26)4/h5-15H,17H2,1-4H3,(H,29,30)/b23-15+. The Bertz CT molecular complexity index is 1130. The fourth-order valence-electron chi connectivity index (χ4n) is 3.40. The Labute approximate surface area is 183 Å². The molecule has 0 unspecified atom stereocenters. The van der Waals surface area contributed by atoms with Crippen LogP contribution < -0.4 is 10.1 Å². The number of aryl methyl sites for hydroxylation is 4. The molecule has 0 fully saturated rings. The molecule has 0 aromatic heterocycles. The van der Waals surface area contributed by atoms with Gasteiger partial charge in [0.05, 0.1) is 0 Å². The fourth-order valence-corrected chi connectivity index (χ4v) is 3.40. The van der Waals surface area contributed by atoms with E-state index in [2.05, 4.69) is 38.2 Å². The fraction of sp³-hybridized carbons (Fsp3) is 0.185. The van der Waals surface area contributed by atoms with Gasteiger partial charge >= 0.3 is 0 Å². The zero-order chi connectivity index (χ0) is 22.4. The maximum atomic E-state index is 12.4. The summed E-state index contributed by atoms with van der Waals surface area (Å²) in [6, 6.07) is 21.1. The van der Waals surface area contributed by atoms with Crippen LogP contribution >= 0.6 is 0 Å². The van der Waals surface area contributed by atoms with E-state index in [0.29, 0.717) is 12.3 Å². The SMILES string of the molecule is Cc1ccc(NC(=O)/C(C#N)=C/c2ccc(OCc3c(C)cc(C)cc3C)cc2)cc1. The normalized spacial score (nSPS) is 11.0. The van der Waals surface area contributed by atoms with Gasteiger partial charge in [-0.3, -0.25) is 4.79 Å². The molecule has 31 heavy (non-hydrogen) atoms. The van der Waals surface area contributed by atoms with Crippen LogP contribution in [0.25, 0.3) is 6.08 Å². The summed E-state index contributed by atoms with van der Waals surface area (Å²) in [5.41, 5.74) is 7.42. The van der Waals surface area contributed by atoms with Crippen molar-refractivity contribution in [1.29, 1.82) is 5.26 Å². The van der Waals surface area contributed by atoms with Crippen molar-refractivity contribution in [3.05, 3.63) is 99.6 Å². The van der Waals surface area contributed by atoms with E-state index < -0.39 is 5.91 Å². The predicted molar refractivity (Wildman–Crippen MR) is 125 cm³/mol. The third-order valence-corrected chi connectivity index (χ3v) is 5.09. The van der Waals surface area contributed by atoms with Gasteiger partial charge < -0.3 is 10.1 Å². The first-order chi connectivity index (χ1) is 14.9. The first kappa shape index (κ1) is 21.9. The minimum absolute atomic E-state index is 0.0418. The van der Waals surface area contributed by atoms with E-state index in [1.807, 2.05) is 61.5 Å². The molecular weight excluding hydrogens is 384 g/mol. The summed E-state index contributed by atoms with van der Waals surface area (Å²) in [7, 11) is 0. The Kier molecular flexibility index (Phi) is 6.89. The van der Waals surface area contributed by atoms with Gasteiger partial charge in [-0.05, 0) is 80.3 Å². The highest BCUT2D eigenvalue weighted by Crippen LogP contribution is 2.21. The second kappa shape index (κ2) is 9.77. The number of carbonyl (C=O) groups is 1. The number of anilines is 1. The van der Waals surface area contributed by atoms with E-state index in [1.165, 1.54) is 22.3 Å². The summed E-state index contributed by atoms with van der Waals surface area (Å²) in [5, 5.41) is 12.2. The third kappa shape index (κ3) is 5.83. The van der Waals surface area contributed by atoms with Crippen LogP contribution in [-0.2, 0) is 11.4 Å². The number of nitriles is 1. The predicted octanol–water partition coefficient (Wildman–Crippen LogP) is 6.04. The van der Waals surface area contributed by atoms with Crippen LogP contribution in [0, 0.1) is 39.0 Å². The van der Waals surface area contributed by atoms with Crippen LogP contribution in [0.1, 0.15) is 33.4 Å². The highest BCUT2D eigenvalue weighted by atomic mass is 16.5. The lowest BCUT2D eigenvalue weighted by molar-refractivity contribution is -0.112. The van der Waals surface area contributed by atoms with Gasteiger partial charge in [0.15, 0.2) is 0 Å². The summed E-state index contributed by atoms with van der Waals surface area (Å²) in [4.78, 5) is 12.4. The largest absolute Gasteiger partial charge is 0.489 e. The van der Waals surface area contributed by atoms with Gasteiger partial charge in [-0.15, -0.1) is 0 Å². The molecule has 1 amide bonds. The Morgan fingerprint density at radius 1 is 0.935 bits per heavy atom. The Morgan fingerprint density at radius 2 is 1.55 bits per heavy atom. The Hall–Kier alpha value is -3.84. The number of ether oxygens (including phenoxy) is 1. The van der Waals surface area contributed by atoms with Crippen LogP contribution in [0.2, 0.25) is 0 Å². The lowest BCUT2D eigenvalue weighted by Crippen LogP contribution is -2.13. The summed E-state index contributed by atoms with van der Waals surface area (Å²) >= 11 is 0. The number of rotatable bonds is 6. The van der Waals surface area contributed by atoms with Crippen molar-refractivity contribution in [2.24, 2.45) is 0 Å². The number of nitrogens with one attached hydrogen (secondary N) is 1. The van der Waals surface area contributed by atoms with Gasteiger partial charge in [-0.2, -0.15) is 5.26 Å². The van der Waals surface area contributed by atoms with Gasteiger partial charge in [-0.25, -0.2) is 0 Å². The first-order valence-electron chi connectivity index (χ1n) is 10.1. The van der Waals surface area contributed by atoms with Gasteiger partial charge in [0.25, 0.3) is 5.91 Å². The van der Waals surface area contributed by atoms with E-state index >= 15 is 0 Å². The van der Waals surface area contributed by atoms with Crippen molar-refractivity contribution >= 4 is 17.7 Å². The van der Waals surface area contributed by atoms with Crippen molar-refractivity contribution < 1.29 is 9.53 Å².